The summed E-state index contributed by atoms with van der Waals surface area (Å²) in [5.74, 6) is 0.0397. The highest BCUT2D eigenvalue weighted by atomic mass is 32.2. The number of carbonyl (C=O) groups is 1. The average Bonchev–Trinajstić information content (AvgIpc) is 2.92. The molecule has 6 nitrogen and oxygen atoms in total. The van der Waals surface area contributed by atoms with E-state index >= 15 is 0 Å². The third kappa shape index (κ3) is 4.44. The molecule has 0 spiro atoms. The Bertz CT molecular complexity index is 576. The molecule has 1 aliphatic heterocycles. The Hall–Kier alpha value is -1.60. The first-order valence-electron chi connectivity index (χ1n) is 6.91. The average molecular weight is 313 g/mol. The van der Waals surface area contributed by atoms with Gasteiger partial charge in [0.05, 0.1) is 24.0 Å². The smallest absolute Gasteiger partial charge is 0.264 e. The van der Waals surface area contributed by atoms with Gasteiger partial charge in [-0.15, -0.1) is 0 Å². The molecule has 2 rings (SSSR count). The number of hydrogen-bond acceptors (Lipinski definition) is 5. The van der Waals surface area contributed by atoms with E-state index in [2.05, 4.69) is 4.72 Å². The summed E-state index contributed by atoms with van der Waals surface area (Å²) in [7, 11) is -3.84. The molecule has 0 aromatic heterocycles. The van der Waals surface area contributed by atoms with E-state index < -0.39 is 15.9 Å². The summed E-state index contributed by atoms with van der Waals surface area (Å²) < 4.78 is 36.8. The Morgan fingerprint density at radius 3 is 2.67 bits per heavy atom. The Labute approximate surface area is 124 Å². The molecular weight excluding hydrogens is 294 g/mol. The van der Waals surface area contributed by atoms with E-state index in [9.17, 15) is 13.2 Å². The summed E-state index contributed by atoms with van der Waals surface area (Å²) in [6, 6.07) is 5.94. The molecule has 0 radical (unpaired) electrons. The van der Waals surface area contributed by atoms with Gasteiger partial charge in [-0.1, -0.05) is 0 Å². The molecule has 1 N–H and O–H groups in total. The molecule has 1 aromatic carbocycles. The van der Waals surface area contributed by atoms with Crippen LogP contribution in [0.2, 0.25) is 0 Å². The van der Waals surface area contributed by atoms with Crippen molar-refractivity contribution in [1.82, 2.24) is 4.72 Å². The van der Waals surface area contributed by atoms with Crippen molar-refractivity contribution < 1.29 is 22.7 Å². The molecule has 0 bridgehead atoms. The topological polar surface area (TPSA) is 81.7 Å². The Kier molecular flexibility index (Phi) is 5.19. The van der Waals surface area contributed by atoms with E-state index in [0.717, 1.165) is 12.8 Å². The van der Waals surface area contributed by atoms with Crippen LogP contribution in [0.5, 0.6) is 5.75 Å². The minimum absolute atomic E-state index is 0.0339. The Morgan fingerprint density at radius 2 is 2.10 bits per heavy atom. The number of carbonyl (C=O) groups excluding carboxylic acids is 1. The fourth-order valence-corrected chi connectivity index (χ4v) is 3.14. The highest BCUT2D eigenvalue weighted by Crippen LogP contribution is 2.17. The minimum Gasteiger partial charge on any atom is -0.494 e. The molecule has 1 amide bonds. The Morgan fingerprint density at radius 1 is 1.38 bits per heavy atom. The molecule has 1 aliphatic rings. The number of rotatable bonds is 6. The molecule has 1 heterocycles. The predicted molar refractivity (Wildman–Crippen MR) is 76.5 cm³/mol. The number of nitrogens with one attached hydrogen (secondary N) is 1. The fraction of sp³-hybridized carbons (Fsp3) is 0.500. The van der Waals surface area contributed by atoms with Crippen LogP contribution in [0, 0.1) is 0 Å². The largest absolute Gasteiger partial charge is 0.494 e. The highest BCUT2D eigenvalue weighted by molar-refractivity contribution is 7.90. The number of benzene rings is 1. The van der Waals surface area contributed by atoms with Gasteiger partial charge in [0.15, 0.2) is 0 Å². The third-order valence-electron chi connectivity index (χ3n) is 3.13. The maximum absolute atomic E-state index is 12.1. The van der Waals surface area contributed by atoms with Crippen LogP contribution in [0.25, 0.3) is 0 Å². The molecular formula is C14H19NO5S. The summed E-state index contributed by atoms with van der Waals surface area (Å²) in [5.41, 5.74) is 0. The van der Waals surface area contributed by atoms with E-state index in [4.69, 9.17) is 9.47 Å². The van der Waals surface area contributed by atoms with Crippen LogP contribution in [-0.2, 0) is 19.6 Å². The zero-order valence-electron chi connectivity index (χ0n) is 11.9. The SMILES string of the molecule is CCOc1ccc(S(=O)(=O)NC(=O)C[C@@H]2CCCO2)cc1. The van der Waals surface area contributed by atoms with Gasteiger partial charge in [0.1, 0.15) is 5.75 Å². The van der Waals surface area contributed by atoms with Crippen molar-refractivity contribution in [2.45, 2.75) is 37.2 Å². The van der Waals surface area contributed by atoms with Gasteiger partial charge >= 0.3 is 0 Å². The fourth-order valence-electron chi connectivity index (χ4n) is 2.14. The van der Waals surface area contributed by atoms with E-state index in [0.29, 0.717) is 19.0 Å². The lowest BCUT2D eigenvalue weighted by atomic mass is 10.2. The van der Waals surface area contributed by atoms with Crippen LogP contribution >= 0.6 is 0 Å². The molecule has 7 heteroatoms. The molecule has 1 saturated heterocycles. The van der Waals surface area contributed by atoms with E-state index in [1.54, 1.807) is 12.1 Å². The van der Waals surface area contributed by atoms with Gasteiger partial charge in [-0.05, 0) is 44.0 Å². The van der Waals surface area contributed by atoms with Crippen molar-refractivity contribution in [3.8, 4) is 5.75 Å². The van der Waals surface area contributed by atoms with Crippen LogP contribution in [0.15, 0.2) is 29.2 Å². The van der Waals surface area contributed by atoms with Crippen LogP contribution in [0.4, 0.5) is 0 Å². The van der Waals surface area contributed by atoms with Gasteiger partial charge in [0, 0.05) is 6.61 Å². The molecule has 1 aromatic rings. The van der Waals surface area contributed by atoms with Crippen LogP contribution in [-0.4, -0.2) is 33.6 Å². The quantitative estimate of drug-likeness (QED) is 0.860. The van der Waals surface area contributed by atoms with E-state index in [1.807, 2.05) is 6.92 Å². The second-order valence-corrected chi connectivity index (χ2v) is 6.45. The maximum atomic E-state index is 12.1. The van der Waals surface area contributed by atoms with Crippen molar-refractivity contribution in [1.29, 1.82) is 0 Å². The summed E-state index contributed by atoms with van der Waals surface area (Å²) in [5, 5.41) is 0. The second-order valence-electron chi connectivity index (χ2n) is 4.77. The van der Waals surface area contributed by atoms with Crippen molar-refractivity contribution >= 4 is 15.9 Å². The van der Waals surface area contributed by atoms with Crippen LogP contribution in [0.3, 0.4) is 0 Å². The molecule has 21 heavy (non-hydrogen) atoms. The highest BCUT2D eigenvalue weighted by Gasteiger charge is 2.23. The van der Waals surface area contributed by atoms with E-state index in [-0.39, 0.29) is 17.4 Å². The summed E-state index contributed by atoms with van der Waals surface area (Å²) in [6.45, 7) is 2.98. The van der Waals surface area contributed by atoms with Crippen LogP contribution in [0.1, 0.15) is 26.2 Å². The first-order chi connectivity index (χ1) is 10.0. The minimum atomic E-state index is -3.84. The molecule has 1 fully saturated rings. The number of hydrogen-bond donors (Lipinski definition) is 1. The van der Waals surface area contributed by atoms with Crippen molar-refractivity contribution in [2.75, 3.05) is 13.2 Å². The monoisotopic (exact) mass is 313 g/mol. The lowest BCUT2D eigenvalue weighted by Crippen LogP contribution is -2.32. The lowest BCUT2D eigenvalue weighted by Gasteiger charge is -2.11. The zero-order valence-corrected chi connectivity index (χ0v) is 12.7. The third-order valence-corrected chi connectivity index (χ3v) is 4.52. The predicted octanol–water partition coefficient (Wildman–Crippen LogP) is 1.46. The number of sulfonamides is 1. The van der Waals surface area contributed by atoms with Gasteiger partial charge < -0.3 is 9.47 Å². The van der Waals surface area contributed by atoms with Gasteiger partial charge in [0.2, 0.25) is 5.91 Å². The first-order valence-corrected chi connectivity index (χ1v) is 8.39. The molecule has 1 atom stereocenters. The van der Waals surface area contributed by atoms with Crippen LogP contribution < -0.4 is 9.46 Å². The molecule has 0 aliphatic carbocycles. The van der Waals surface area contributed by atoms with Gasteiger partial charge in [0.25, 0.3) is 10.0 Å². The van der Waals surface area contributed by atoms with Gasteiger partial charge in [-0.25, -0.2) is 13.1 Å². The first kappa shape index (κ1) is 15.8. The van der Waals surface area contributed by atoms with Crippen molar-refractivity contribution in [3.63, 3.8) is 0 Å². The molecule has 0 saturated carbocycles. The lowest BCUT2D eigenvalue weighted by molar-refractivity contribution is -0.121. The summed E-state index contributed by atoms with van der Waals surface area (Å²) in [4.78, 5) is 11.8. The van der Waals surface area contributed by atoms with Crippen molar-refractivity contribution in [2.24, 2.45) is 0 Å². The zero-order chi connectivity index (χ0) is 15.3. The number of ether oxygens (including phenoxy) is 2. The maximum Gasteiger partial charge on any atom is 0.264 e. The Balaban J connectivity index is 1.98. The van der Waals surface area contributed by atoms with E-state index in [1.165, 1.54) is 12.1 Å². The molecule has 0 unspecified atom stereocenters. The number of amides is 1. The standard InChI is InChI=1S/C14H19NO5S/c1-2-19-11-5-7-13(8-6-11)21(17,18)15-14(16)10-12-4-3-9-20-12/h5-8,12H,2-4,9-10H2,1H3,(H,15,16)/t12-/m0/s1. The van der Waals surface area contributed by atoms with Gasteiger partial charge in [-0.2, -0.15) is 0 Å². The normalized spacial score (nSPS) is 18.4. The van der Waals surface area contributed by atoms with Gasteiger partial charge in [-0.3, -0.25) is 4.79 Å². The van der Waals surface area contributed by atoms with Crippen molar-refractivity contribution in [3.05, 3.63) is 24.3 Å². The summed E-state index contributed by atoms with van der Waals surface area (Å²) in [6.07, 6.45) is 1.58. The summed E-state index contributed by atoms with van der Waals surface area (Å²) >= 11 is 0. The molecule has 116 valence electrons. The second kappa shape index (κ2) is 6.91.